The SMILES string of the molecule is OC1O[C@H](CN2CCN(c3ccc(Cl)cc3)CC2)[C@H](O)[C@H](O)[C@H]1O. The summed E-state index contributed by atoms with van der Waals surface area (Å²) in [6, 6.07) is 7.70. The van der Waals surface area contributed by atoms with Gasteiger partial charge in [0.2, 0.25) is 0 Å². The zero-order valence-corrected chi connectivity index (χ0v) is 14.0. The van der Waals surface area contributed by atoms with E-state index in [1.54, 1.807) is 0 Å². The zero-order chi connectivity index (χ0) is 17.3. The lowest BCUT2D eigenvalue weighted by molar-refractivity contribution is -0.283. The third-order valence-electron chi connectivity index (χ3n) is 4.69. The number of benzene rings is 1. The van der Waals surface area contributed by atoms with E-state index in [-0.39, 0.29) is 0 Å². The maximum absolute atomic E-state index is 10.0. The number of ether oxygens (including phenoxy) is 1. The van der Waals surface area contributed by atoms with Crippen LogP contribution in [0.3, 0.4) is 0 Å². The van der Waals surface area contributed by atoms with Crippen LogP contribution in [0.15, 0.2) is 24.3 Å². The third-order valence-corrected chi connectivity index (χ3v) is 4.94. The third kappa shape index (κ3) is 3.83. The molecule has 1 unspecified atom stereocenters. The maximum Gasteiger partial charge on any atom is 0.184 e. The number of rotatable bonds is 3. The van der Waals surface area contributed by atoms with Gasteiger partial charge in [-0.05, 0) is 24.3 Å². The van der Waals surface area contributed by atoms with E-state index in [0.717, 1.165) is 31.9 Å². The summed E-state index contributed by atoms with van der Waals surface area (Å²) in [5, 5.41) is 39.6. The predicted molar refractivity (Wildman–Crippen MR) is 89.0 cm³/mol. The number of piperazine rings is 1. The van der Waals surface area contributed by atoms with Crippen LogP contribution in [0.4, 0.5) is 5.69 Å². The highest BCUT2D eigenvalue weighted by Crippen LogP contribution is 2.23. The van der Waals surface area contributed by atoms with Crippen LogP contribution in [0.5, 0.6) is 0 Å². The molecular formula is C16H23ClN2O5. The summed E-state index contributed by atoms with van der Waals surface area (Å²) in [5.41, 5.74) is 1.11. The molecule has 0 amide bonds. The molecule has 0 saturated carbocycles. The van der Waals surface area contributed by atoms with Crippen LogP contribution >= 0.6 is 11.6 Å². The Morgan fingerprint density at radius 1 is 0.917 bits per heavy atom. The predicted octanol–water partition coefficient (Wildman–Crippen LogP) is -0.738. The van der Waals surface area contributed by atoms with Gasteiger partial charge in [0.1, 0.15) is 24.4 Å². The highest BCUT2D eigenvalue weighted by atomic mass is 35.5. The minimum absolute atomic E-state index is 0.385. The van der Waals surface area contributed by atoms with E-state index in [1.165, 1.54) is 0 Å². The molecule has 0 spiro atoms. The molecule has 0 aliphatic carbocycles. The number of hydrogen-bond donors (Lipinski definition) is 4. The molecule has 134 valence electrons. The molecule has 1 aromatic rings. The molecule has 2 saturated heterocycles. The maximum atomic E-state index is 10.0. The van der Waals surface area contributed by atoms with E-state index in [1.807, 2.05) is 24.3 Å². The molecule has 4 N–H and O–H groups in total. The van der Waals surface area contributed by atoms with E-state index < -0.39 is 30.7 Å². The Balaban J connectivity index is 1.53. The normalized spacial score (nSPS) is 35.2. The molecule has 0 radical (unpaired) electrons. The van der Waals surface area contributed by atoms with Crippen molar-refractivity contribution in [3.8, 4) is 0 Å². The summed E-state index contributed by atoms with van der Waals surface area (Å²) in [5.74, 6) is 0. The van der Waals surface area contributed by atoms with Crippen LogP contribution in [0.25, 0.3) is 0 Å². The van der Waals surface area contributed by atoms with Crippen LogP contribution in [-0.4, -0.2) is 88.8 Å². The summed E-state index contributed by atoms with van der Waals surface area (Å²) >= 11 is 5.91. The van der Waals surface area contributed by atoms with E-state index in [0.29, 0.717) is 11.6 Å². The van der Waals surface area contributed by atoms with Gasteiger partial charge in [-0.2, -0.15) is 0 Å². The van der Waals surface area contributed by atoms with Crippen molar-refractivity contribution in [1.29, 1.82) is 0 Å². The lowest BCUT2D eigenvalue weighted by atomic mass is 9.98. The summed E-state index contributed by atoms with van der Waals surface area (Å²) in [4.78, 5) is 4.36. The van der Waals surface area contributed by atoms with Gasteiger partial charge in [0.25, 0.3) is 0 Å². The number of hydrogen-bond acceptors (Lipinski definition) is 7. The quantitative estimate of drug-likeness (QED) is 0.565. The highest BCUT2D eigenvalue weighted by molar-refractivity contribution is 6.30. The van der Waals surface area contributed by atoms with Crippen LogP contribution in [0.1, 0.15) is 0 Å². The fourth-order valence-corrected chi connectivity index (χ4v) is 3.30. The van der Waals surface area contributed by atoms with Gasteiger partial charge in [-0.15, -0.1) is 0 Å². The van der Waals surface area contributed by atoms with Crippen molar-refractivity contribution in [2.45, 2.75) is 30.7 Å². The Kier molecular flexibility index (Phi) is 5.61. The first kappa shape index (κ1) is 17.9. The molecule has 8 heteroatoms. The second kappa shape index (κ2) is 7.53. The average Bonchev–Trinajstić information content (AvgIpc) is 2.59. The van der Waals surface area contributed by atoms with Crippen molar-refractivity contribution in [2.75, 3.05) is 37.6 Å². The largest absolute Gasteiger partial charge is 0.388 e. The Morgan fingerprint density at radius 3 is 2.17 bits per heavy atom. The Bertz CT molecular complexity index is 538. The smallest absolute Gasteiger partial charge is 0.184 e. The van der Waals surface area contributed by atoms with Crippen molar-refractivity contribution >= 4 is 17.3 Å². The first-order valence-electron chi connectivity index (χ1n) is 8.06. The van der Waals surface area contributed by atoms with Crippen LogP contribution in [-0.2, 0) is 4.74 Å². The molecule has 0 bridgehead atoms. The van der Waals surface area contributed by atoms with Crippen LogP contribution in [0, 0.1) is 0 Å². The summed E-state index contributed by atoms with van der Waals surface area (Å²) in [7, 11) is 0. The van der Waals surface area contributed by atoms with E-state index in [9.17, 15) is 20.4 Å². The molecule has 24 heavy (non-hydrogen) atoms. The second-order valence-corrected chi connectivity index (χ2v) is 6.74. The van der Waals surface area contributed by atoms with Gasteiger partial charge in [-0.1, -0.05) is 11.6 Å². The van der Waals surface area contributed by atoms with E-state index in [2.05, 4.69) is 9.80 Å². The molecule has 1 aromatic carbocycles. The summed E-state index contributed by atoms with van der Waals surface area (Å²) in [6.07, 6.45) is -6.34. The number of nitrogens with zero attached hydrogens (tertiary/aromatic N) is 2. The van der Waals surface area contributed by atoms with Gasteiger partial charge >= 0.3 is 0 Å². The first-order chi connectivity index (χ1) is 11.5. The minimum atomic E-state index is -1.49. The standard InChI is InChI=1S/C16H23ClN2O5/c17-10-1-3-11(4-2-10)19-7-5-18(6-8-19)9-12-13(20)14(21)15(22)16(23)24-12/h1-4,12-16,20-23H,5-9H2/t12-,13+,14+,15-,16?/m1/s1. The monoisotopic (exact) mass is 358 g/mol. The molecule has 2 aliphatic heterocycles. The van der Waals surface area contributed by atoms with Gasteiger partial charge in [-0.25, -0.2) is 0 Å². The average molecular weight is 359 g/mol. The minimum Gasteiger partial charge on any atom is -0.388 e. The zero-order valence-electron chi connectivity index (χ0n) is 13.2. The molecule has 2 fully saturated rings. The van der Waals surface area contributed by atoms with Gasteiger partial charge in [0.15, 0.2) is 6.29 Å². The topological polar surface area (TPSA) is 96.6 Å². The number of anilines is 1. The molecule has 2 heterocycles. The van der Waals surface area contributed by atoms with Gasteiger partial charge in [-0.3, -0.25) is 4.90 Å². The second-order valence-electron chi connectivity index (χ2n) is 6.30. The van der Waals surface area contributed by atoms with Crippen LogP contribution < -0.4 is 4.90 Å². The number of halogens is 1. The van der Waals surface area contributed by atoms with E-state index >= 15 is 0 Å². The van der Waals surface area contributed by atoms with Gasteiger partial charge in [0.05, 0.1) is 0 Å². The Morgan fingerprint density at radius 2 is 1.54 bits per heavy atom. The lowest BCUT2D eigenvalue weighted by Gasteiger charge is -2.42. The van der Waals surface area contributed by atoms with Crippen molar-refractivity contribution in [3.05, 3.63) is 29.3 Å². The van der Waals surface area contributed by atoms with Crippen molar-refractivity contribution in [1.82, 2.24) is 4.90 Å². The summed E-state index contributed by atoms with van der Waals surface area (Å²) < 4.78 is 5.23. The Hall–Kier alpha value is -0.930. The fourth-order valence-electron chi connectivity index (χ4n) is 3.18. The lowest BCUT2D eigenvalue weighted by Crippen LogP contribution is -2.61. The molecular weight excluding hydrogens is 336 g/mol. The van der Waals surface area contributed by atoms with Crippen LogP contribution in [0.2, 0.25) is 5.02 Å². The molecule has 7 nitrogen and oxygen atoms in total. The fraction of sp³-hybridized carbons (Fsp3) is 0.625. The van der Waals surface area contributed by atoms with Crippen molar-refractivity contribution in [3.63, 3.8) is 0 Å². The van der Waals surface area contributed by atoms with Gasteiger partial charge in [0, 0.05) is 43.4 Å². The summed E-state index contributed by atoms with van der Waals surface area (Å²) in [6.45, 7) is 3.56. The number of aliphatic hydroxyl groups is 4. The van der Waals surface area contributed by atoms with Crippen molar-refractivity contribution in [2.24, 2.45) is 0 Å². The molecule has 2 aliphatic rings. The highest BCUT2D eigenvalue weighted by Gasteiger charge is 2.43. The molecule has 0 aromatic heterocycles. The number of aliphatic hydroxyl groups excluding tert-OH is 4. The van der Waals surface area contributed by atoms with Gasteiger partial charge < -0.3 is 30.1 Å². The Labute approximate surface area is 145 Å². The first-order valence-corrected chi connectivity index (χ1v) is 8.44. The van der Waals surface area contributed by atoms with Crippen molar-refractivity contribution < 1.29 is 25.2 Å². The van der Waals surface area contributed by atoms with E-state index in [4.69, 9.17) is 16.3 Å². The molecule has 5 atom stereocenters. The molecule has 3 rings (SSSR count).